The molecule has 0 saturated carbocycles. The van der Waals surface area contributed by atoms with Gasteiger partial charge in [-0.15, -0.1) is 0 Å². The molecule has 0 aromatic heterocycles. The normalized spacial score (nSPS) is 22.0. The lowest BCUT2D eigenvalue weighted by Crippen LogP contribution is -2.44. The SMILES string of the molecule is COc1cc(C[C@]2(O)C(=O)OC[C@H]2Cc2ccc(Oc3cc(C[C@@H]4COC(=O)[C@@]4(O)Cc4ccc(O)c(OC)c4)cc(OC)c3O)c(OC)c2)ccc1O. The van der Waals surface area contributed by atoms with E-state index in [9.17, 15) is 35.1 Å². The molecule has 4 aromatic rings. The number of benzene rings is 4. The molecule has 0 unspecified atom stereocenters. The van der Waals surface area contributed by atoms with Gasteiger partial charge in [-0.1, -0.05) is 18.2 Å². The van der Waals surface area contributed by atoms with E-state index in [2.05, 4.69) is 0 Å². The summed E-state index contributed by atoms with van der Waals surface area (Å²) in [6.07, 6.45) is 0.222. The Morgan fingerprint density at radius 1 is 0.556 bits per heavy atom. The molecule has 2 aliphatic rings. The fourth-order valence-corrected chi connectivity index (χ4v) is 6.99. The van der Waals surface area contributed by atoms with E-state index in [4.69, 9.17) is 33.2 Å². The highest BCUT2D eigenvalue weighted by atomic mass is 16.6. The van der Waals surface area contributed by atoms with Crippen molar-refractivity contribution in [2.45, 2.75) is 36.9 Å². The molecule has 0 amide bonds. The number of aromatic hydroxyl groups is 3. The van der Waals surface area contributed by atoms with E-state index in [1.807, 2.05) is 0 Å². The van der Waals surface area contributed by atoms with E-state index in [0.717, 1.165) is 0 Å². The van der Waals surface area contributed by atoms with Crippen molar-refractivity contribution in [2.75, 3.05) is 41.7 Å². The number of cyclic esters (lactones) is 2. The average Bonchev–Trinajstić information content (AvgIpc) is 3.59. The maximum absolute atomic E-state index is 12.9. The molecule has 54 heavy (non-hydrogen) atoms. The van der Waals surface area contributed by atoms with Crippen LogP contribution in [0.2, 0.25) is 0 Å². The lowest BCUT2D eigenvalue weighted by molar-refractivity contribution is -0.154. The molecule has 0 spiro atoms. The zero-order chi connectivity index (χ0) is 38.8. The van der Waals surface area contributed by atoms with Crippen LogP contribution in [0.1, 0.15) is 22.3 Å². The second-order valence-electron chi connectivity index (χ2n) is 13.4. The van der Waals surface area contributed by atoms with Gasteiger partial charge in [0.25, 0.3) is 0 Å². The Morgan fingerprint density at radius 3 is 1.48 bits per heavy atom. The summed E-state index contributed by atoms with van der Waals surface area (Å²) >= 11 is 0. The summed E-state index contributed by atoms with van der Waals surface area (Å²) in [6, 6.07) is 17.3. The number of ether oxygens (including phenoxy) is 7. The summed E-state index contributed by atoms with van der Waals surface area (Å²) in [6.45, 7) is -0.0728. The van der Waals surface area contributed by atoms with Crippen LogP contribution in [0.4, 0.5) is 0 Å². The molecule has 0 bridgehead atoms. The van der Waals surface area contributed by atoms with Gasteiger partial charge in [0, 0.05) is 24.7 Å². The molecule has 286 valence electrons. The number of hydrogen-bond acceptors (Lipinski definition) is 14. The second-order valence-corrected chi connectivity index (χ2v) is 13.4. The Morgan fingerprint density at radius 2 is 0.981 bits per heavy atom. The minimum absolute atomic E-state index is 0.0124. The first-order chi connectivity index (χ1) is 25.8. The summed E-state index contributed by atoms with van der Waals surface area (Å²) in [7, 11) is 5.63. The molecular formula is C40H42O14. The van der Waals surface area contributed by atoms with Crippen LogP contribution in [0, 0.1) is 11.8 Å². The number of rotatable bonds is 14. The number of esters is 2. The van der Waals surface area contributed by atoms with Crippen LogP contribution < -0.4 is 23.7 Å². The van der Waals surface area contributed by atoms with Crippen LogP contribution in [0.15, 0.2) is 66.7 Å². The van der Waals surface area contributed by atoms with Crippen molar-refractivity contribution in [1.82, 2.24) is 0 Å². The second kappa shape index (κ2) is 15.2. The van der Waals surface area contributed by atoms with Crippen molar-refractivity contribution in [3.8, 4) is 51.7 Å². The van der Waals surface area contributed by atoms with Gasteiger partial charge in [-0.05, 0) is 83.6 Å². The van der Waals surface area contributed by atoms with Crippen molar-refractivity contribution in [2.24, 2.45) is 11.8 Å². The highest BCUT2D eigenvalue weighted by molar-refractivity contribution is 5.83. The highest BCUT2D eigenvalue weighted by Crippen LogP contribution is 2.45. The predicted octanol–water partition coefficient (Wildman–Crippen LogP) is 4.01. The molecule has 14 heteroatoms. The monoisotopic (exact) mass is 746 g/mol. The van der Waals surface area contributed by atoms with Crippen LogP contribution in [0.3, 0.4) is 0 Å². The van der Waals surface area contributed by atoms with E-state index in [1.165, 1.54) is 40.6 Å². The lowest BCUT2D eigenvalue weighted by Gasteiger charge is -2.26. The summed E-state index contributed by atoms with van der Waals surface area (Å²) in [5.74, 6) is -2.24. The molecule has 2 aliphatic heterocycles. The molecule has 4 atom stereocenters. The summed E-state index contributed by atoms with van der Waals surface area (Å²) in [5, 5.41) is 54.2. The Hall–Kier alpha value is -5.86. The van der Waals surface area contributed by atoms with Crippen LogP contribution >= 0.6 is 0 Å². The third kappa shape index (κ3) is 7.34. The minimum atomic E-state index is -1.90. The molecule has 2 fully saturated rings. The summed E-state index contributed by atoms with van der Waals surface area (Å²) in [5.41, 5.74) is -1.35. The van der Waals surface area contributed by atoms with E-state index < -0.39 is 35.0 Å². The molecule has 4 aromatic carbocycles. The molecule has 2 heterocycles. The molecule has 2 saturated heterocycles. The van der Waals surface area contributed by atoms with Gasteiger partial charge in [0.2, 0.25) is 5.75 Å². The Labute approximate surface area is 311 Å². The van der Waals surface area contributed by atoms with E-state index >= 15 is 0 Å². The fourth-order valence-electron chi connectivity index (χ4n) is 6.99. The zero-order valence-corrected chi connectivity index (χ0v) is 30.2. The largest absolute Gasteiger partial charge is 0.504 e. The van der Waals surface area contributed by atoms with Gasteiger partial charge in [-0.25, -0.2) is 9.59 Å². The van der Waals surface area contributed by atoms with Crippen LogP contribution in [-0.2, 0) is 44.7 Å². The number of phenolic OH excluding ortho intramolecular Hbond substituents is 3. The van der Waals surface area contributed by atoms with E-state index in [-0.39, 0.29) is 84.9 Å². The van der Waals surface area contributed by atoms with Crippen LogP contribution in [0.25, 0.3) is 0 Å². The van der Waals surface area contributed by atoms with Gasteiger partial charge < -0.3 is 58.7 Å². The van der Waals surface area contributed by atoms with Gasteiger partial charge in [-0.2, -0.15) is 0 Å². The number of carbonyl (C=O) groups is 2. The number of hydrogen-bond donors (Lipinski definition) is 5. The first-order valence-corrected chi connectivity index (χ1v) is 17.1. The van der Waals surface area contributed by atoms with Gasteiger partial charge in [0.05, 0.1) is 41.7 Å². The topological polar surface area (TPSA) is 200 Å². The van der Waals surface area contributed by atoms with Crippen molar-refractivity contribution >= 4 is 11.9 Å². The van der Waals surface area contributed by atoms with Crippen molar-refractivity contribution in [3.63, 3.8) is 0 Å². The van der Waals surface area contributed by atoms with Crippen molar-refractivity contribution < 1.29 is 68.3 Å². The highest BCUT2D eigenvalue weighted by Gasteiger charge is 2.52. The maximum Gasteiger partial charge on any atom is 0.338 e. The van der Waals surface area contributed by atoms with Gasteiger partial charge >= 0.3 is 11.9 Å². The third-order valence-electron chi connectivity index (χ3n) is 10.1. The third-order valence-corrected chi connectivity index (χ3v) is 10.1. The van der Waals surface area contributed by atoms with Gasteiger partial charge in [0.15, 0.2) is 57.2 Å². The van der Waals surface area contributed by atoms with Crippen LogP contribution in [0.5, 0.6) is 51.7 Å². The Balaban J connectivity index is 1.21. The van der Waals surface area contributed by atoms with Crippen LogP contribution in [-0.4, -0.2) is 90.3 Å². The Bertz CT molecular complexity index is 2050. The smallest absolute Gasteiger partial charge is 0.338 e. The lowest BCUT2D eigenvalue weighted by atomic mass is 9.80. The molecule has 6 rings (SSSR count). The fraction of sp³-hybridized carbons (Fsp3) is 0.350. The van der Waals surface area contributed by atoms with Crippen molar-refractivity contribution in [1.29, 1.82) is 0 Å². The molecule has 0 radical (unpaired) electrons. The number of aliphatic hydroxyl groups is 2. The molecule has 0 aliphatic carbocycles. The number of phenols is 3. The minimum Gasteiger partial charge on any atom is -0.504 e. The van der Waals surface area contributed by atoms with Gasteiger partial charge in [-0.3, -0.25) is 0 Å². The quantitative estimate of drug-likeness (QED) is 0.116. The van der Waals surface area contributed by atoms with E-state index in [1.54, 1.807) is 54.6 Å². The average molecular weight is 747 g/mol. The molecule has 14 nitrogen and oxygen atoms in total. The zero-order valence-electron chi connectivity index (χ0n) is 30.2. The van der Waals surface area contributed by atoms with Gasteiger partial charge in [0.1, 0.15) is 0 Å². The molecular weight excluding hydrogens is 704 g/mol. The maximum atomic E-state index is 12.9. The molecule has 5 N–H and O–H groups in total. The predicted molar refractivity (Wildman–Crippen MR) is 191 cm³/mol. The first kappa shape index (κ1) is 37.9. The number of carbonyl (C=O) groups excluding carboxylic acids is 2. The summed E-state index contributed by atoms with van der Waals surface area (Å²) < 4.78 is 38.2. The first-order valence-electron chi connectivity index (χ1n) is 17.1. The van der Waals surface area contributed by atoms with Crippen molar-refractivity contribution in [3.05, 3.63) is 89.0 Å². The number of methoxy groups -OCH3 is 4. The standard InChI is InChI=1S/C40H42O14/c1-48-31-14-23(5-8-28(31)41)18-39(46)26(20-52-37(39)44)11-22-7-10-30(33(13-22)50-3)54-35-17-25(16-34(51-4)36(35)43)12-27-21-53-38(45)40(27,47)19-24-6-9-29(42)32(15-24)49-2/h5-10,13-17,26-27,41-43,46-47H,11-12,18-21H2,1-4H3/t26-,27-,39-,40-/m1/s1. The Kier molecular flexibility index (Phi) is 10.7. The summed E-state index contributed by atoms with van der Waals surface area (Å²) in [4.78, 5) is 25.7. The van der Waals surface area contributed by atoms with E-state index in [0.29, 0.717) is 28.0 Å².